The molecule has 0 radical (unpaired) electrons. The molecule has 1 aliphatic rings. The molecule has 1 N–H and O–H groups in total. The highest BCUT2D eigenvalue weighted by atomic mass is 16.5. The summed E-state index contributed by atoms with van der Waals surface area (Å²) in [6, 6.07) is 11.8. The molecule has 0 aromatic heterocycles. The van der Waals surface area contributed by atoms with E-state index in [1.165, 1.54) is 14.2 Å². The Morgan fingerprint density at radius 1 is 1.00 bits per heavy atom. The van der Waals surface area contributed by atoms with Crippen molar-refractivity contribution in [3.63, 3.8) is 0 Å². The van der Waals surface area contributed by atoms with Crippen LogP contribution in [0, 0.1) is 0 Å². The zero-order valence-corrected chi connectivity index (χ0v) is 15.7. The second-order valence-electron chi connectivity index (χ2n) is 6.68. The topological polar surface area (TPSA) is 81.7 Å². The molecule has 0 saturated carbocycles. The maximum absolute atomic E-state index is 13.3. The summed E-state index contributed by atoms with van der Waals surface area (Å²) >= 11 is 0. The summed E-state index contributed by atoms with van der Waals surface area (Å²) in [5.74, 6) is -0.440. The largest absolute Gasteiger partial charge is 0.496 e. The Morgan fingerprint density at radius 2 is 1.59 bits per heavy atom. The van der Waals surface area contributed by atoms with Crippen LogP contribution in [-0.4, -0.2) is 31.9 Å². The van der Waals surface area contributed by atoms with Crippen molar-refractivity contribution in [2.45, 2.75) is 25.3 Å². The highest BCUT2D eigenvalue weighted by molar-refractivity contribution is 6.33. The van der Waals surface area contributed by atoms with Gasteiger partial charge in [0.05, 0.1) is 14.2 Å². The molecule has 2 aromatic rings. The van der Waals surface area contributed by atoms with Crippen LogP contribution in [0.15, 0.2) is 42.5 Å². The second kappa shape index (κ2) is 6.87. The standard InChI is InChI=1S/C21H21NO5/c1-12(2)13-9-10-16(17(11-13)26-3)21(22-20(25)27-4)18(23)14-7-5-6-8-15(14)19(21)24/h5-12H,1-4H3,(H,22,25). The van der Waals surface area contributed by atoms with Gasteiger partial charge in [0, 0.05) is 16.7 Å². The van der Waals surface area contributed by atoms with E-state index in [9.17, 15) is 14.4 Å². The predicted molar refractivity (Wildman–Crippen MR) is 99.4 cm³/mol. The third-order valence-electron chi connectivity index (χ3n) is 4.87. The van der Waals surface area contributed by atoms with Gasteiger partial charge in [0.15, 0.2) is 5.54 Å². The van der Waals surface area contributed by atoms with Crippen molar-refractivity contribution in [1.82, 2.24) is 5.32 Å². The van der Waals surface area contributed by atoms with Crippen molar-refractivity contribution in [2.75, 3.05) is 14.2 Å². The van der Waals surface area contributed by atoms with E-state index in [0.717, 1.165) is 5.56 Å². The van der Waals surface area contributed by atoms with Gasteiger partial charge < -0.3 is 9.47 Å². The average Bonchev–Trinajstić information content (AvgIpc) is 2.90. The third-order valence-corrected chi connectivity index (χ3v) is 4.87. The van der Waals surface area contributed by atoms with E-state index in [4.69, 9.17) is 9.47 Å². The van der Waals surface area contributed by atoms with Crippen molar-refractivity contribution < 1.29 is 23.9 Å². The molecule has 140 valence electrons. The van der Waals surface area contributed by atoms with Gasteiger partial charge in [-0.3, -0.25) is 14.9 Å². The van der Waals surface area contributed by atoms with Crippen molar-refractivity contribution in [3.05, 3.63) is 64.7 Å². The number of ketones is 2. The fraction of sp³-hybridized carbons (Fsp3) is 0.286. The lowest BCUT2D eigenvalue weighted by molar-refractivity contribution is 0.0733. The molecule has 6 nitrogen and oxygen atoms in total. The van der Waals surface area contributed by atoms with Crippen molar-refractivity contribution in [3.8, 4) is 5.75 Å². The lowest BCUT2D eigenvalue weighted by atomic mass is 9.83. The van der Waals surface area contributed by atoms with E-state index in [2.05, 4.69) is 5.32 Å². The van der Waals surface area contributed by atoms with Crippen molar-refractivity contribution in [1.29, 1.82) is 0 Å². The zero-order valence-electron chi connectivity index (χ0n) is 15.7. The number of fused-ring (bicyclic) bond motifs is 1. The molecule has 1 aliphatic carbocycles. The average molecular weight is 367 g/mol. The Balaban J connectivity index is 2.27. The molecule has 0 unspecified atom stereocenters. The van der Waals surface area contributed by atoms with Gasteiger partial charge in [0.1, 0.15) is 5.75 Å². The summed E-state index contributed by atoms with van der Waals surface area (Å²) in [6.45, 7) is 4.05. The van der Waals surface area contributed by atoms with Gasteiger partial charge in [0.2, 0.25) is 11.6 Å². The summed E-state index contributed by atoms with van der Waals surface area (Å²) in [4.78, 5) is 38.7. The summed E-state index contributed by atoms with van der Waals surface area (Å²) in [6.07, 6.45) is -0.875. The minimum Gasteiger partial charge on any atom is -0.496 e. The Kier molecular flexibility index (Phi) is 4.74. The van der Waals surface area contributed by atoms with E-state index in [-0.39, 0.29) is 22.6 Å². The third kappa shape index (κ3) is 2.77. The second-order valence-corrected chi connectivity index (χ2v) is 6.68. The van der Waals surface area contributed by atoms with Gasteiger partial charge in [-0.15, -0.1) is 0 Å². The van der Waals surface area contributed by atoms with E-state index in [0.29, 0.717) is 5.75 Å². The number of ether oxygens (including phenoxy) is 2. The molecule has 2 aromatic carbocycles. The maximum atomic E-state index is 13.3. The molecular formula is C21H21NO5. The summed E-state index contributed by atoms with van der Waals surface area (Å²) < 4.78 is 10.2. The highest BCUT2D eigenvalue weighted by Crippen LogP contribution is 2.42. The monoisotopic (exact) mass is 367 g/mol. The van der Waals surface area contributed by atoms with E-state index >= 15 is 0 Å². The Labute approximate surface area is 157 Å². The fourth-order valence-electron chi connectivity index (χ4n) is 3.39. The molecule has 0 atom stereocenters. The molecule has 0 spiro atoms. The van der Waals surface area contributed by atoms with Gasteiger partial charge in [-0.25, -0.2) is 4.79 Å². The number of methoxy groups -OCH3 is 2. The van der Waals surface area contributed by atoms with Crippen LogP contribution in [0.4, 0.5) is 4.79 Å². The van der Waals surface area contributed by atoms with Crippen LogP contribution in [0.1, 0.15) is 51.6 Å². The molecule has 0 heterocycles. The SMILES string of the molecule is COC(=O)NC1(c2ccc(C(C)C)cc2OC)C(=O)c2ccccc2C1=O. The first kappa shape index (κ1) is 18.6. The molecule has 1 amide bonds. The fourth-order valence-corrected chi connectivity index (χ4v) is 3.39. The van der Waals surface area contributed by atoms with Gasteiger partial charge >= 0.3 is 6.09 Å². The van der Waals surface area contributed by atoms with E-state index < -0.39 is 23.2 Å². The molecule has 0 fully saturated rings. The summed E-state index contributed by atoms with van der Waals surface area (Å²) in [7, 11) is 2.64. The molecule has 3 rings (SSSR count). The summed E-state index contributed by atoms with van der Waals surface area (Å²) in [5, 5.41) is 2.49. The smallest absolute Gasteiger partial charge is 0.408 e. The van der Waals surface area contributed by atoms with Crippen molar-refractivity contribution in [2.24, 2.45) is 0 Å². The molecule has 27 heavy (non-hydrogen) atoms. The molecule has 0 aliphatic heterocycles. The van der Waals surface area contributed by atoms with Crippen LogP contribution in [0.3, 0.4) is 0 Å². The molecular weight excluding hydrogens is 346 g/mol. The molecule has 0 bridgehead atoms. The van der Waals surface area contributed by atoms with Gasteiger partial charge in [-0.1, -0.05) is 50.2 Å². The number of hydrogen-bond donors (Lipinski definition) is 1. The Hall–Kier alpha value is -3.15. The molecule has 6 heteroatoms. The number of benzene rings is 2. The first-order valence-electron chi connectivity index (χ1n) is 8.60. The predicted octanol–water partition coefficient (Wildman–Crippen LogP) is 3.45. The first-order chi connectivity index (χ1) is 12.9. The number of alkyl carbamates (subject to hydrolysis) is 1. The lowest BCUT2D eigenvalue weighted by Crippen LogP contribution is -2.54. The number of amides is 1. The van der Waals surface area contributed by atoms with Gasteiger partial charge in [0.25, 0.3) is 0 Å². The number of hydrogen-bond acceptors (Lipinski definition) is 5. The summed E-state index contributed by atoms with van der Waals surface area (Å²) in [5.41, 5.74) is -0.134. The van der Waals surface area contributed by atoms with Crippen LogP contribution in [0.25, 0.3) is 0 Å². The minimum absolute atomic E-state index is 0.227. The quantitative estimate of drug-likeness (QED) is 0.837. The van der Waals surface area contributed by atoms with E-state index in [1.807, 2.05) is 19.9 Å². The van der Waals surface area contributed by atoms with Crippen LogP contribution in [0.5, 0.6) is 5.75 Å². The van der Waals surface area contributed by atoms with Gasteiger partial charge in [-0.05, 0) is 17.5 Å². The number of carbonyl (C=O) groups is 3. The van der Waals surface area contributed by atoms with Crippen LogP contribution in [-0.2, 0) is 10.3 Å². The van der Waals surface area contributed by atoms with Crippen LogP contribution in [0.2, 0.25) is 0 Å². The molecule has 0 saturated heterocycles. The lowest BCUT2D eigenvalue weighted by Gasteiger charge is -2.29. The normalized spacial score (nSPS) is 14.9. The number of carbonyl (C=O) groups excluding carboxylic acids is 3. The van der Waals surface area contributed by atoms with Gasteiger partial charge in [-0.2, -0.15) is 0 Å². The zero-order chi connectivity index (χ0) is 19.8. The number of rotatable bonds is 4. The minimum atomic E-state index is -1.92. The Bertz CT molecular complexity index is 897. The van der Waals surface area contributed by atoms with Crippen molar-refractivity contribution >= 4 is 17.7 Å². The highest BCUT2D eigenvalue weighted by Gasteiger charge is 2.57. The Morgan fingerprint density at radius 3 is 2.07 bits per heavy atom. The van der Waals surface area contributed by atoms with Crippen LogP contribution >= 0.6 is 0 Å². The maximum Gasteiger partial charge on any atom is 0.408 e. The van der Waals surface area contributed by atoms with E-state index in [1.54, 1.807) is 36.4 Å². The number of nitrogens with one attached hydrogen (secondary N) is 1. The first-order valence-corrected chi connectivity index (χ1v) is 8.60. The van der Waals surface area contributed by atoms with Crippen LogP contribution < -0.4 is 10.1 Å². The number of Topliss-reactive ketones (excluding diaryl/α,β-unsaturated/α-hetero) is 2.